The maximum absolute atomic E-state index is 11.8. The molecule has 23 heavy (non-hydrogen) atoms. The molecule has 1 N–H and O–H groups in total. The Morgan fingerprint density at radius 2 is 1.87 bits per heavy atom. The number of carboxylic acid groups (broad SMARTS) is 1. The average Bonchev–Trinajstić information content (AvgIpc) is 2.51. The van der Waals surface area contributed by atoms with Crippen molar-refractivity contribution in [3.8, 4) is 0 Å². The van der Waals surface area contributed by atoms with E-state index in [0.717, 1.165) is 13.4 Å². The van der Waals surface area contributed by atoms with Crippen molar-refractivity contribution in [1.29, 1.82) is 0 Å². The van der Waals surface area contributed by atoms with Crippen LogP contribution in [0.4, 0.5) is 0 Å². The second-order valence-corrected chi connectivity index (χ2v) is 7.03. The van der Waals surface area contributed by atoms with E-state index in [1.165, 1.54) is 11.8 Å². The molecule has 0 atom stereocenters. The number of carbonyl (C=O) groups excluding carboxylic acids is 1. The van der Waals surface area contributed by atoms with Crippen LogP contribution >= 0.6 is 34.4 Å². The lowest BCUT2D eigenvalue weighted by Gasteiger charge is -2.10. The number of ether oxygens (including phenoxy) is 1. The molecule has 120 valence electrons. The Kier molecular flexibility index (Phi) is 6.47. The number of aliphatic carboxylic acids is 1. The zero-order valence-corrected chi connectivity index (χ0v) is 15.4. The Labute approximate surface area is 152 Å². The molecular formula is C17H15IO4S. The van der Waals surface area contributed by atoms with Crippen LogP contribution in [0.15, 0.2) is 52.3 Å². The molecule has 0 saturated heterocycles. The predicted molar refractivity (Wildman–Crippen MR) is 97.0 cm³/mol. The largest absolute Gasteiger partial charge is 0.481 e. The Balaban J connectivity index is 2.31. The quantitative estimate of drug-likeness (QED) is 0.536. The van der Waals surface area contributed by atoms with Gasteiger partial charge in [-0.1, -0.05) is 11.8 Å². The predicted octanol–water partition coefficient (Wildman–Crippen LogP) is 4.25. The van der Waals surface area contributed by atoms with Crippen molar-refractivity contribution in [2.45, 2.75) is 23.1 Å². The third-order valence-electron chi connectivity index (χ3n) is 2.95. The summed E-state index contributed by atoms with van der Waals surface area (Å²) in [6.45, 7) is 2.02. The summed E-state index contributed by atoms with van der Waals surface area (Å²) in [6.07, 6.45) is -0.139. The summed E-state index contributed by atoms with van der Waals surface area (Å²) in [5, 5.41) is 9.10. The molecule has 2 aromatic carbocycles. The molecule has 2 rings (SSSR count). The second kappa shape index (κ2) is 8.35. The van der Waals surface area contributed by atoms with Gasteiger partial charge in [0.25, 0.3) is 0 Å². The maximum atomic E-state index is 11.8. The SMILES string of the molecule is CCOC(=O)c1ccc(Sc2ccc(I)cc2)c(CC(=O)O)c1. The van der Waals surface area contributed by atoms with Crippen LogP contribution < -0.4 is 0 Å². The first-order valence-electron chi connectivity index (χ1n) is 6.95. The van der Waals surface area contributed by atoms with E-state index in [1.807, 2.05) is 24.3 Å². The highest BCUT2D eigenvalue weighted by Crippen LogP contribution is 2.32. The summed E-state index contributed by atoms with van der Waals surface area (Å²) < 4.78 is 6.10. The van der Waals surface area contributed by atoms with Crippen LogP contribution in [0.3, 0.4) is 0 Å². The number of hydrogen-bond acceptors (Lipinski definition) is 4. The van der Waals surface area contributed by atoms with E-state index in [-0.39, 0.29) is 13.0 Å². The first-order chi connectivity index (χ1) is 11.0. The summed E-state index contributed by atoms with van der Waals surface area (Å²) in [6, 6.07) is 13.0. The zero-order chi connectivity index (χ0) is 16.8. The van der Waals surface area contributed by atoms with Gasteiger partial charge < -0.3 is 9.84 Å². The number of rotatable bonds is 6. The van der Waals surface area contributed by atoms with Crippen molar-refractivity contribution in [3.05, 3.63) is 57.2 Å². The topological polar surface area (TPSA) is 63.6 Å². The molecule has 0 saturated carbocycles. The standard InChI is InChI=1S/C17H15IO4S/c1-2-22-17(21)11-3-8-15(12(9-11)10-16(19)20)23-14-6-4-13(18)5-7-14/h3-9H,2,10H2,1H3,(H,19,20). The van der Waals surface area contributed by atoms with Gasteiger partial charge in [0.1, 0.15) is 0 Å². The van der Waals surface area contributed by atoms with Crippen LogP contribution in [0, 0.1) is 3.57 Å². The minimum atomic E-state index is -0.935. The number of esters is 1. The van der Waals surface area contributed by atoms with E-state index >= 15 is 0 Å². The number of hydrogen-bond donors (Lipinski definition) is 1. The first kappa shape index (κ1) is 17.8. The minimum absolute atomic E-state index is 0.139. The van der Waals surface area contributed by atoms with Crippen molar-refractivity contribution in [2.24, 2.45) is 0 Å². The number of carboxylic acids is 1. The molecule has 0 aliphatic heterocycles. The van der Waals surface area contributed by atoms with Crippen molar-refractivity contribution in [3.63, 3.8) is 0 Å². The number of carbonyl (C=O) groups is 2. The van der Waals surface area contributed by atoms with Gasteiger partial charge >= 0.3 is 11.9 Å². The third kappa shape index (κ3) is 5.24. The van der Waals surface area contributed by atoms with Gasteiger partial charge in [-0.3, -0.25) is 4.79 Å². The monoisotopic (exact) mass is 442 g/mol. The van der Waals surface area contributed by atoms with E-state index in [1.54, 1.807) is 25.1 Å². The van der Waals surface area contributed by atoms with Crippen LogP contribution in [0.5, 0.6) is 0 Å². The number of benzene rings is 2. The fraction of sp³-hybridized carbons (Fsp3) is 0.176. The van der Waals surface area contributed by atoms with Gasteiger partial charge in [0.15, 0.2) is 0 Å². The summed E-state index contributed by atoms with van der Waals surface area (Å²) in [5.41, 5.74) is 0.974. The third-order valence-corrected chi connectivity index (χ3v) is 4.80. The van der Waals surface area contributed by atoms with E-state index in [4.69, 9.17) is 9.84 Å². The average molecular weight is 442 g/mol. The Morgan fingerprint density at radius 1 is 1.17 bits per heavy atom. The molecule has 4 nitrogen and oxygen atoms in total. The first-order valence-corrected chi connectivity index (χ1v) is 8.84. The smallest absolute Gasteiger partial charge is 0.338 e. The molecule has 0 radical (unpaired) electrons. The van der Waals surface area contributed by atoms with E-state index in [2.05, 4.69) is 22.6 Å². The van der Waals surface area contributed by atoms with E-state index in [0.29, 0.717) is 11.1 Å². The molecule has 0 heterocycles. The van der Waals surface area contributed by atoms with Crippen LogP contribution in [0.2, 0.25) is 0 Å². The minimum Gasteiger partial charge on any atom is -0.481 e. The molecule has 0 aliphatic rings. The highest BCUT2D eigenvalue weighted by atomic mass is 127. The van der Waals surface area contributed by atoms with Crippen LogP contribution in [-0.4, -0.2) is 23.7 Å². The van der Waals surface area contributed by atoms with Gasteiger partial charge in [0, 0.05) is 13.4 Å². The van der Waals surface area contributed by atoms with Crippen molar-refractivity contribution in [2.75, 3.05) is 6.61 Å². The Bertz CT molecular complexity index is 713. The molecular weight excluding hydrogens is 427 g/mol. The lowest BCUT2D eigenvalue weighted by atomic mass is 10.1. The molecule has 0 aromatic heterocycles. The van der Waals surface area contributed by atoms with E-state index < -0.39 is 11.9 Å². The molecule has 0 unspecified atom stereocenters. The van der Waals surface area contributed by atoms with Gasteiger partial charge in [0.2, 0.25) is 0 Å². The summed E-state index contributed by atoms with van der Waals surface area (Å²) in [5.74, 6) is -1.37. The zero-order valence-electron chi connectivity index (χ0n) is 12.4. The molecule has 0 aliphatic carbocycles. The molecule has 2 aromatic rings. The lowest BCUT2D eigenvalue weighted by molar-refractivity contribution is -0.136. The van der Waals surface area contributed by atoms with E-state index in [9.17, 15) is 9.59 Å². The normalized spacial score (nSPS) is 10.3. The number of halogens is 1. The highest BCUT2D eigenvalue weighted by molar-refractivity contribution is 14.1. The van der Waals surface area contributed by atoms with Crippen molar-refractivity contribution < 1.29 is 19.4 Å². The Hall–Kier alpha value is -1.54. The summed E-state index contributed by atoms with van der Waals surface area (Å²) in [7, 11) is 0. The maximum Gasteiger partial charge on any atom is 0.338 e. The fourth-order valence-electron chi connectivity index (χ4n) is 1.95. The highest BCUT2D eigenvalue weighted by Gasteiger charge is 2.13. The van der Waals surface area contributed by atoms with Gasteiger partial charge in [-0.05, 0) is 77.5 Å². The van der Waals surface area contributed by atoms with Gasteiger partial charge in [-0.25, -0.2) is 4.79 Å². The van der Waals surface area contributed by atoms with Crippen molar-refractivity contribution in [1.82, 2.24) is 0 Å². The van der Waals surface area contributed by atoms with Gasteiger partial charge in [0.05, 0.1) is 18.6 Å². The lowest BCUT2D eigenvalue weighted by Crippen LogP contribution is -2.07. The van der Waals surface area contributed by atoms with Gasteiger partial charge in [-0.2, -0.15) is 0 Å². The summed E-state index contributed by atoms with van der Waals surface area (Å²) in [4.78, 5) is 24.7. The van der Waals surface area contributed by atoms with Gasteiger partial charge in [-0.15, -0.1) is 0 Å². The fourth-order valence-corrected chi connectivity index (χ4v) is 3.24. The molecule has 0 bridgehead atoms. The molecule has 0 spiro atoms. The molecule has 0 amide bonds. The molecule has 0 fully saturated rings. The molecule has 6 heteroatoms. The van der Waals surface area contributed by atoms with Crippen LogP contribution in [0.1, 0.15) is 22.8 Å². The second-order valence-electron chi connectivity index (χ2n) is 4.67. The van der Waals surface area contributed by atoms with Crippen molar-refractivity contribution >= 4 is 46.3 Å². The summed E-state index contributed by atoms with van der Waals surface area (Å²) >= 11 is 3.71. The van der Waals surface area contributed by atoms with Crippen LogP contribution in [-0.2, 0) is 16.0 Å². The Morgan fingerprint density at radius 3 is 2.48 bits per heavy atom. The van der Waals surface area contributed by atoms with Crippen LogP contribution in [0.25, 0.3) is 0 Å².